The molecule has 118 valence electrons. The van der Waals surface area contributed by atoms with E-state index >= 15 is 0 Å². The molecule has 1 amide bonds. The SMILES string of the molecule is Cc1nn(CC(F)(F)F)c(C)c1CC(=O)N1CCNCC1. The number of amides is 1. The van der Waals surface area contributed by atoms with Crippen LogP contribution in [0.25, 0.3) is 0 Å². The van der Waals surface area contributed by atoms with E-state index in [1.54, 1.807) is 18.7 Å². The Morgan fingerprint density at radius 3 is 2.48 bits per heavy atom. The fraction of sp³-hybridized carbons (Fsp3) is 0.692. The smallest absolute Gasteiger partial charge is 0.340 e. The van der Waals surface area contributed by atoms with Gasteiger partial charge in [0.1, 0.15) is 6.54 Å². The van der Waals surface area contributed by atoms with E-state index in [-0.39, 0.29) is 12.3 Å². The van der Waals surface area contributed by atoms with Crippen molar-refractivity contribution in [1.82, 2.24) is 20.0 Å². The molecular formula is C13H19F3N4O. The molecule has 1 aromatic rings. The molecule has 2 rings (SSSR count). The number of rotatable bonds is 3. The highest BCUT2D eigenvalue weighted by atomic mass is 19.4. The largest absolute Gasteiger partial charge is 0.408 e. The van der Waals surface area contributed by atoms with Crippen LogP contribution in [-0.4, -0.2) is 52.9 Å². The van der Waals surface area contributed by atoms with Gasteiger partial charge in [-0.25, -0.2) is 0 Å². The molecule has 1 aromatic heterocycles. The van der Waals surface area contributed by atoms with Gasteiger partial charge in [-0.2, -0.15) is 18.3 Å². The minimum absolute atomic E-state index is 0.0609. The molecule has 1 saturated heterocycles. The van der Waals surface area contributed by atoms with Gasteiger partial charge in [0.05, 0.1) is 12.1 Å². The first-order valence-electron chi connectivity index (χ1n) is 6.86. The van der Waals surface area contributed by atoms with E-state index in [0.29, 0.717) is 30.0 Å². The van der Waals surface area contributed by atoms with Crippen LogP contribution in [0.1, 0.15) is 17.0 Å². The number of hydrogen-bond acceptors (Lipinski definition) is 3. The summed E-state index contributed by atoms with van der Waals surface area (Å²) in [5.74, 6) is -0.0609. The number of hydrogen-bond donors (Lipinski definition) is 1. The molecule has 8 heteroatoms. The first-order chi connectivity index (χ1) is 9.78. The number of nitrogens with one attached hydrogen (secondary N) is 1. The summed E-state index contributed by atoms with van der Waals surface area (Å²) in [5.41, 5.74) is 1.50. The number of aromatic nitrogens is 2. The zero-order valence-corrected chi connectivity index (χ0v) is 12.1. The highest BCUT2D eigenvalue weighted by molar-refractivity contribution is 5.79. The van der Waals surface area contributed by atoms with Gasteiger partial charge in [0.15, 0.2) is 0 Å². The molecular weight excluding hydrogens is 285 g/mol. The van der Waals surface area contributed by atoms with Crippen molar-refractivity contribution in [3.05, 3.63) is 17.0 Å². The van der Waals surface area contributed by atoms with E-state index in [4.69, 9.17) is 0 Å². The van der Waals surface area contributed by atoms with Crippen molar-refractivity contribution in [2.45, 2.75) is 33.0 Å². The molecule has 0 aliphatic carbocycles. The zero-order chi connectivity index (χ0) is 15.6. The van der Waals surface area contributed by atoms with E-state index in [2.05, 4.69) is 10.4 Å². The summed E-state index contributed by atoms with van der Waals surface area (Å²) in [7, 11) is 0. The quantitative estimate of drug-likeness (QED) is 0.908. The van der Waals surface area contributed by atoms with Crippen molar-refractivity contribution in [3.63, 3.8) is 0 Å². The second kappa shape index (κ2) is 6.05. The molecule has 0 saturated carbocycles. The van der Waals surface area contributed by atoms with Gasteiger partial charge >= 0.3 is 6.18 Å². The van der Waals surface area contributed by atoms with Crippen LogP contribution in [0.3, 0.4) is 0 Å². The first kappa shape index (κ1) is 15.8. The summed E-state index contributed by atoms with van der Waals surface area (Å²) in [6.07, 6.45) is -4.21. The summed E-state index contributed by atoms with van der Waals surface area (Å²) in [4.78, 5) is 13.9. The Balaban J connectivity index is 2.11. The van der Waals surface area contributed by atoms with Crippen LogP contribution >= 0.6 is 0 Å². The van der Waals surface area contributed by atoms with Gasteiger partial charge in [-0.15, -0.1) is 0 Å². The lowest BCUT2D eigenvalue weighted by Crippen LogP contribution is -2.47. The summed E-state index contributed by atoms with van der Waals surface area (Å²) in [6.45, 7) is 4.85. The maximum absolute atomic E-state index is 12.5. The molecule has 0 unspecified atom stereocenters. The van der Waals surface area contributed by atoms with Gasteiger partial charge in [0.25, 0.3) is 0 Å². The van der Waals surface area contributed by atoms with Gasteiger partial charge in [-0.1, -0.05) is 0 Å². The lowest BCUT2D eigenvalue weighted by molar-refractivity contribution is -0.143. The monoisotopic (exact) mass is 304 g/mol. The van der Waals surface area contributed by atoms with Crippen molar-refractivity contribution in [1.29, 1.82) is 0 Å². The molecule has 2 heterocycles. The van der Waals surface area contributed by atoms with Crippen LogP contribution in [-0.2, 0) is 17.8 Å². The zero-order valence-electron chi connectivity index (χ0n) is 12.1. The van der Waals surface area contributed by atoms with E-state index in [0.717, 1.165) is 17.8 Å². The standard InChI is InChI=1S/C13H19F3N4O/c1-9-11(7-12(21)19-5-3-17-4-6-19)10(2)20(18-9)8-13(14,15)16/h17H,3-8H2,1-2H3. The van der Waals surface area contributed by atoms with Crippen molar-refractivity contribution in [2.24, 2.45) is 0 Å². The highest BCUT2D eigenvalue weighted by Crippen LogP contribution is 2.21. The third kappa shape index (κ3) is 3.96. The second-order valence-electron chi connectivity index (χ2n) is 5.23. The lowest BCUT2D eigenvalue weighted by Gasteiger charge is -2.27. The number of nitrogens with zero attached hydrogens (tertiary/aromatic N) is 3. The van der Waals surface area contributed by atoms with Crippen LogP contribution in [0.5, 0.6) is 0 Å². The average Bonchev–Trinajstić information content (AvgIpc) is 2.65. The van der Waals surface area contributed by atoms with Crippen LogP contribution in [0, 0.1) is 13.8 Å². The molecule has 0 atom stereocenters. The molecule has 0 aromatic carbocycles. The number of carbonyl (C=O) groups is 1. The molecule has 21 heavy (non-hydrogen) atoms. The van der Waals surface area contributed by atoms with E-state index in [1.807, 2.05) is 0 Å². The van der Waals surface area contributed by atoms with E-state index in [1.165, 1.54) is 0 Å². The summed E-state index contributed by atoms with van der Waals surface area (Å²) in [5, 5.41) is 7.06. The van der Waals surface area contributed by atoms with Gasteiger partial charge in [0.2, 0.25) is 5.91 Å². The number of piperazine rings is 1. The van der Waals surface area contributed by atoms with Crippen LogP contribution in [0.2, 0.25) is 0 Å². The highest BCUT2D eigenvalue weighted by Gasteiger charge is 2.30. The van der Waals surface area contributed by atoms with Crippen LogP contribution in [0.4, 0.5) is 13.2 Å². The molecule has 1 N–H and O–H groups in total. The maximum atomic E-state index is 12.5. The Hall–Kier alpha value is -1.57. The lowest BCUT2D eigenvalue weighted by atomic mass is 10.1. The Kier molecular flexibility index (Phi) is 4.55. The number of halogens is 3. The third-order valence-corrected chi connectivity index (χ3v) is 3.66. The minimum atomic E-state index is -4.32. The Morgan fingerprint density at radius 2 is 1.90 bits per heavy atom. The Morgan fingerprint density at radius 1 is 1.29 bits per heavy atom. The van der Waals surface area contributed by atoms with E-state index in [9.17, 15) is 18.0 Å². The Bertz CT molecular complexity index is 518. The second-order valence-corrected chi connectivity index (χ2v) is 5.23. The van der Waals surface area contributed by atoms with Crippen molar-refractivity contribution >= 4 is 5.91 Å². The number of carbonyl (C=O) groups excluding carboxylic acids is 1. The fourth-order valence-electron chi connectivity index (χ4n) is 2.49. The van der Waals surface area contributed by atoms with E-state index < -0.39 is 12.7 Å². The molecule has 1 aliphatic heterocycles. The summed E-state index contributed by atoms with van der Waals surface area (Å²) in [6, 6.07) is 0. The molecule has 0 radical (unpaired) electrons. The first-order valence-corrected chi connectivity index (χ1v) is 6.86. The number of aryl methyl sites for hydroxylation is 1. The normalized spacial score (nSPS) is 16.3. The predicted octanol–water partition coefficient (Wildman–Crippen LogP) is 1.04. The van der Waals surface area contributed by atoms with Gasteiger partial charge in [0, 0.05) is 37.4 Å². The average molecular weight is 304 g/mol. The van der Waals surface area contributed by atoms with Crippen LogP contribution < -0.4 is 5.32 Å². The molecule has 1 aliphatic rings. The maximum Gasteiger partial charge on any atom is 0.408 e. The van der Waals surface area contributed by atoms with Gasteiger partial charge < -0.3 is 10.2 Å². The topological polar surface area (TPSA) is 50.2 Å². The fourth-order valence-corrected chi connectivity index (χ4v) is 2.49. The summed E-state index contributed by atoms with van der Waals surface area (Å²) >= 11 is 0. The summed E-state index contributed by atoms with van der Waals surface area (Å²) < 4.78 is 38.3. The van der Waals surface area contributed by atoms with Crippen molar-refractivity contribution < 1.29 is 18.0 Å². The van der Waals surface area contributed by atoms with Crippen molar-refractivity contribution in [2.75, 3.05) is 26.2 Å². The minimum Gasteiger partial charge on any atom is -0.340 e. The van der Waals surface area contributed by atoms with Crippen molar-refractivity contribution in [3.8, 4) is 0 Å². The number of alkyl halides is 3. The third-order valence-electron chi connectivity index (χ3n) is 3.66. The van der Waals surface area contributed by atoms with Gasteiger partial charge in [-0.3, -0.25) is 9.48 Å². The molecule has 5 nitrogen and oxygen atoms in total. The molecule has 1 fully saturated rings. The van der Waals surface area contributed by atoms with Gasteiger partial charge in [-0.05, 0) is 13.8 Å². The Labute approximate surface area is 121 Å². The molecule has 0 spiro atoms. The molecule has 0 bridgehead atoms. The van der Waals surface area contributed by atoms with Crippen LogP contribution in [0.15, 0.2) is 0 Å². The predicted molar refractivity (Wildman–Crippen MR) is 70.9 cm³/mol.